The molecule has 0 aromatic heterocycles. The number of nitrogens with zero attached hydrogens (tertiary/aromatic N) is 1. The van der Waals surface area contributed by atoms with Crippen molar-refractivity contribution < 1.29 is 0 Å². The normalized spacial score (nSPS) is 29.2. The van der Waals surface area contributed by atoms with Gasteiger partial charge in [0.15, 0.2) is 0 Å². The van der Waals surface area contributed by atoms with E-state index in [-0.39, 0.29) is 0 Å². The molecule has 11 heavy (non-hydrogen) atoms. The highest BCUT2D eigenvalue weighted by Gasteiger charge is 2.19. The second kappa shape index (κ2) is 4.07. The number of rotatable bonds is 3. The molecular weight excluding hydrogens is 136 g/mol. The monoisotopic (exact) mass is 156 g/mol. The molecule has 1 fully saturated rings. The predicted molar refractivity (Wildman–Crippen MR) is 48.4 cm³/mol. The van der Waals surface area contributed by atoms with Crippen LogP contribution in [0.1, 0.15) is 20.3 Å². The molecule has 0 amide bonds. The van der Waals surface area contributed by atoms with Crippen molar-refractivity contribution in [1.82, 2.24) is 4.90 Å². The van der Waals surface area contributed by atoms with Crippen LogP contribution >= 0.6 is 0 Å². The third-order valence-electron chi connectivity index (χ3n) is 2.48. The van der Waals surface area contributed by atoms with Gasteiger partial charge in [0, 0.05) is 13.1 Å². The summed E-state index contributed by atoms with van der Waals surface area (Å²) in [7, 11) is 0. The fourth-order valence-corrected chi connectivity index (χ4v) is 1.71. The van der Waals surface area contributed by atoms with E-state index < -0.39 is 0 Å². The van der Waals surface area contributed by atoms with Crippen molar-refractivity contribution in [2.24, 2.45) is 17.6 Å². The average molecular weight is 156 g/mol. The minimum atomic E-state index is 0.667. The minimum absolute atomic E-state index is 0.667. The molecule has 2 nitrogen and oxygen atoms in total. The van der Waals surface area contributed by atoms with E-state index in [9.17, 15) is 0 Å². The van der Waals surface area contributed by atoms with Crippen molar-refractivity contribution in [3.63, 3.8) is 0 Å². The van der Waals surface area contributed by atoms with Gasteiger partial charge >= 0.3 is 0 Å². The fourth-order valence-electron chi connectivity index (χ4n) is 1.71. The molecule has 2 heteroatoms. The van der Waals surface area contributed by atoms with E-state index in [1.54, 1.807) is 0 Å². The average Bonchev–Trinajstić information content (AvgIpc) is 2.35. The Balaban J connectivity index is 2.17. The number of likely N-dealkylation sites (tertiary alicyclic amines) is 1. The lowest BCUT2D eigenvalue weighted by molar-refractivity contribution is 0.283. The maximum absolute atomic E-state index is 5.56. The predicted octanol–water partition coefficient (Wildman–Crippen LogP) is 0.923. The first-order valence-corrected chi connectivity index (χ1v) is 4.64. The van der Waals surface area contributed by atoms with Crippen molar-refractivity contribution >= 4 is 0 Å². The summed E-state index contributed by atoms with van der Waals surface area (Å²) in [5.41, 5.74) is 5.56. The van der Waals surface area contributed by atoms with Crippen LogP contribution in [0.4, 0.5) is 0 Å². The minimum Gasteiger partial charge on any atom is -0.330 e. The first-order valence-electron chi connectivity index (χ1n) is 4.64. The van der Waals surface area contributed by atoms with Gasteiger partial charge in [0.2, 0.25) is 0 Å². The summed E-state index contributed by atoms with van der Waals surface area (Å²) in [5.74, 6) is 1.57. The molecule has 1 aliphatic rings. The van der Waals surface area contributed by atoms with Crippen molar-refractivity contribution in [2.45, 2.75) is 20.3 Å². The molecular formula is C9H20N2. The van der Waals surface area contributed by atoms with E-state index in [4.69, 9.17) is 5.73 Å². The molecule has 1 aliphatic heterocycles. The fraction of sp³-hybridized carbons (Fsp3) is 1.00. The highest BCUT2D eigenvalue weighted by atomic mass is 15.1. The van der Waals surface area contributed by atoms with Gasteiger partial charge in [-0.1, -0.05) is 13.8 Å². The van der Waals surface area contributed by atoms with Crippen LogP contribution in [-0.4, -0.2) is 31.1 Å². The number of hydrogen-bond donors (Lipinski definition) is 1. The molecule has 2 atom stereocenters. The second-order valence-corrected chi connectivity index (χ2v) is 3.99. The van der Waals surface area contributed by atoms with Crippen molar-refractivity contribution in [1.29, 1.82) is 0 Å². The van der Waals surface area contributed by atoms with Gasteiger partial charge in [0.1, 0.15) is 0 Å². The van der Waals surface area contributed by atoms with Crippen molar-refractivity contribution in [2.75, 3.05) is 26.2 Å². The molecule has 2 unspecified atom stereocenters. The molecule has 0 aliphatic carbocycles. The highest BCUT2D eigenvalue weighted by Crippen LogP contribution is 2.15. The zero-order chi connectivity index (χ0) is 8.27. The zero-order valence-electron chi connectivity index (χ0n) is 7.71. The summed E-state index contributed by atoms with van der Waals surface area (Å²) in [6.07, 6.45) is 1.37. The zero-order valence-corrected chi connectivity index (χ0v) is 7.71. The molecule has 0 aromatic carbocycles. The maximum atomic E-state index is 5.56. The molecule has 1 rings (SSSR count). The van der Waals surface area contributed by atoms with Crippen LogP contribution < -0.4 is 5.73 Å². The molecule has 1 heterocycles. The Morgan fingerprint density at radius 2 is 2.36 bits per heavy atom. The van der Waals surface area contributed by atoms with Gasteiger partial charge in [0.05, 0.1) is 0 Å². The van der Waals surface area contributed by atoms with Gasteiger partial charge in [-0.3, -0.25) is 0 Å². The van der Waals surface area contributed by atoms with Gasteiger partial charge in [-0.25, -0.2) is 0 Å². The van der Waals surface area contributed by atoms with Gasteiger partial charge in [-0.15, -0.1) is 0 Å². The Hall–Kier alpha value is -0.0800. The Labute approximate surface area is 69.8 Å². The van der Waals surface area contributed by atoms with Gasteiger partial charge in [0.25, 0.3) is 0 Å². The van der Waals surface area contributed by atoms with Crippen LogP contribution in [0.2, 0.25) is 0 Å². The standard InChI is InChI=1S/C9H20N2/c1-8-3-4-11(6-8)7-9(2)5-10/h8-9H,3-7,10H2,1-2H3. The first-order chi connectivity index (χ1) is 5.22. The van der Waals surface area contributed by atoms with E-state index in [1.807, 2.05) is 0 Å². The molecule has 0 bridgehead atoms. The maximum Gasteiger partial charge on any atom is 0.00192 e. The van der Waals surface area contributed by atoms with Crippen LogP contribution in [0.15, 0.2) is 0 Å². The van der Waals surface area contributed by atoms with Crippen LogP contribution in [0, 0.1) is 11.8 Å². The summed E-state index contributed by atoms with van der Waals surface area (Å²) in [6.45, 7) is 9.14. The molecule has 0 radical (unpaired) electrons. The Morgan fingerprint density at radius 3 is 2.82 bits per heavy atom. The summed E-state index contributed by atoms with van der Waals surface area (Å²) in [6, 6.07) is 0. The van der Waals surface area contributed by atoms with Crippen LogP contribution in [0.5, 0.6) is 0 Å². The van der Waals surface area contributed by atoms with Crippen LogP contribution in [-0.2, 0) is 0 Å². The Bertz CT molecular complexity index is 114. The molecule has 1 saturated heterocycles. The SMILES string of the molecule is CC(CN)CN1CCC(C)C1. The Kier molecular flexibility index (Phi) is 3.34. The van der Waals surface area contributed by atoms with E-state index in [1.165, 1.54) is 26.1 Å². The van der Waals surface area contributed by atoms with Gasteiger partial charge < -0.3 is 10.6 Å². The molecule has 0 saturated carbocycles. The summed E-state index contributed by atoms with van der Waals surface area (Å²) >= 11 is 0. The summed E-state index contributed by atoms with van der Waals surface area (Å²) in [4.78, 5) is 2.53. The van der Waals surface area contributed by atoms with Crippen LogP contribution in [0.3, 0.4) is 0 Å². The van der Waals surface area contributed by atoms with E-state index >= 15 is 0 Å². The van der Waals surface area contributed by atoms with E-state index in [2.05, 4.69) is 18.7 Å². The molecule has 0 aromatic rings. The lowest BCUT2D eigenvalue weighted by Gasteiger charge is -2.18. The molecule has 2 N–H and O–H groups in total. The lowest BCUT2D eigenvalue weighted by atomic mass is 10.1. The van der Waals surface area contributed by atoms with Gasteiger partial charge in [-0.2, -0.15) is 0 Å². The van der Waals surface area contributed by atoms with E-state index in [0.29, 0.717) is 5.92 Å². The van der Waals surface area contributed by atoms with Crippen molar-refractivity contribution in [3.05, 3.63) is 0 Å². The third-order valence-corrected chi connectivity index (χ3v) is 2.48. The topological polar surface area (TPSA) is 29.3 Å². The largest absolute Gasteiger partial charge is 0.330 e. The van der Waals surface area contributed by atoms with Gasteiger partial charge in [-0.05, 0) is 31.3 Å². The van der Waals surface area contributed by atoms with E-state index in [0.717, 1.165) is 12.5 Å². The number of nitrogens with two attached hydrogens (primary N) is 1. The Morgan fingerprint density at radius 1 is 1.64 bits per heavy atom. The molecule has 66 valence electrons. The first kappa shape index (κ1) is 9.01. The quantitative estimate of drug-likeness (QED) is 0.658. The number of hydrogen-bond acceptors (Lipinski definition) is 2. The smallest absolute Gasteiger partial charge is 0.00192 e. The second-order valence-electron chi connectivity index (χ2n) is 3.99. The van der Waals surface area contributed by atoms with Crippen LogP contribution in [0.25, 0.3) is 0 Å². The summed E-state index contributed by atoms with van der Waals surface area (Å²) < 4.78 is 0. The third kappa shape index (κ3) is 2.80. The highest BCUT2D eigenvalue weighted by molar-refractivity contribution is 4.73. The van der Waals surface area contributed by atoms with Crippen molar-refractivity contribution in [3.8, 4) is 0 Å². The molecule has 0 spiro atoms. The summed E-state index contributed by atoms with van der Waals surface area (Å²) in [5, 5.41) is 0. The lowest BCUT2D eigenvalue weighted by Crippen LogP contribution is -2.29.